The molecule has 16 heteroatoms. The number of fused-ring (bicyclic) bond motifs is 2. The third kappa shape index (κ3) is 4.79. The Kier molecular flexibility index (Phi) is 6.96. The number of carboxylic acids is 1. The third-order valence-corrected chi connectivity index (χ3v) is 8.10. The van der Waals surface area contributed by atoms with E-state index in [-0.39, 0.29) is 35.4 Å². The molecule has 2 aliphatic rings. The molecule has 202 valence electrons. The summed E-state index contributed by atoms with van der Waals surface area (Å²) in [4.78, 5) is 60.3. The molecule has 1 fully saturated rings. The summed E-state index contributed by atoms with van der Waals surface area (Å²) in [6.07, 6.45) is 5.10. The number of nitrogens with one attached hydrogen (secondary N) is 1. The van der Waals surface area contributed by atoms with Gasteiger partial charge in [-0.2, -0.15) is 4.57 Å². The molecule has 3 aromatic heterocycles. The molecule has 5 heterocycles. The smallest absolute Gasteiger partial charge is 0.352 e. The van der Waals surface area contributed by atoms with E-state index in [1.165, 1.54) is 16.7 Å². The lowest BCUT2D eigenvalue weighted by atomic mass is 10.0. The summed E-state index contributed by atoms with van der Waals surface area (Å²) in [5.74, 6) is -2.74. The van der Waals surface area contributed by atoms with Crippen molar-refractivity contribution in [1.29, 1.82) is 0 Å². The van der Waals surface area contributed by atoms with E-state index in [0.717, 1.165) is 11.3 Å². The molecule has 3 amide bonds. The number of rotatable bonds is 9. The Morgan fingerprint density at radius 1 is 1.36 bits per heavy atom. The van der Waals surface area contributed by atoms with Crippen molar-refractivity contribution in [3.63, 3.8) is 0 Å². The van der Waals surface area contributed by atoms with Gasteiger partial charge in [0.05, 0.1) is 6.20 Å². The van der Waals surface area contributed by atoms with Crippen LogP contribution in [0.2, 0.25) is 0 Å². The predicted molar refractivity (Wildman–Crippen MR) is 140 cm³/mol. The van der Waals surface area contributed by atoms with E-state index >= 15 is 0 Å². The largest absolute Gasteiger partial charge is 0.477 e. The molecule has 1 saturated heterocycles. The number of thioether (sulfide) groups is 1. The van der Waals surface area contributed by atoms with Crippen molar-refractivity contribution in [2.24, 2.45) is 10.9 Å². The van der Waals surface area contributed by atoms with Gasteiger partial charge in [0.2, 0.25) is 0 Å². The molecule has 5 rings (SSSR count). The number of primary amides is 1. The number of amides is 3. The van der Waals surface area contributed by atoms with E-state index in [2.05, 4.69) is 15.5 Å². The zero-order valence-corrected chi connectivity index (χ0v) is 22.1. The average Bonchev–Trinajstić information content (AvgIpc) is 3.53. The number of hydrogen-bond acceptors (Lipinski definition) is 10. The zero-order valence-electron chi connectivity index (χ0n) is 20.4. The van der Waals surface area contributed by atoms with Crippen molar-refractivity contribution in [2.45, 2.75) is 24.9 Å². The van der Waals surface area contributed by atoms with Crippen LogP contribution < -0.4 is 21.4 Å². The van der Waals surface area contributed by atoms with Gasteiger partial charge in [-0.05, 0) is 19.1 Å². The molecule has 0 radical (unpaired) electrons. The van der Waals surface area contributed by atoms with E-state index in [9.17, 15) is 24.3 Å². The van der Waals surface area contributed by atoms with Crippen LogP contribution in [0.15, 0.2) is 52.5 Å². The summed E-state index contributed by atoms with van der Waals surface area (Å²) in [5, 5.41) is 17.6. The van der Waals surface area contributed by atoms with Gasteiger partial charge in [-0.25, -0.2) is 9.78 Å². The monoisotopic (exact) mass is 571 g/mol. The number of nitrogen functional groups attached to an aromatic ring is 1. The number of hydrogen-bond donors (Lipinski definition) is 4. The Morgan fingerprint density at radius 2 is 2.15 bits per heavy atom. The van der Waals surface area contributed by atoms with Crippen LogP contribution in [0.25, 0.3) is 5.52 Å². The molecule has 0 saturated carbocycles. The van der Waals surface area contributed by atoms with Crippen LogP contribution >= 0.6 is 23.1 Å². The summed E-state index contributed by atoms with van der Waals surface area (Å²) in [6.45, 7) is 2.11. The minimum Gasteiger partial charge on any atom is -0.477 e. The molecule has 6 N–H and O–H groups in total. The van der Waals surface area contributed by atoms with Crippen LogP contribution in [0.4, 0.5) is 5.13 Å². The zero-order chi connectivity index (χ0) is 27.8. The molecule has 0 aromatic carbocycles. The van der Waals surface area contributed by atoms with Gasteiger partial charge < -0.3 is 31.1 Å². The Morgan fingerprint density at radius 3 is 2.82 bits per heavy atom. The highest BCUT2D eigenvalue weighted by Crippen LogP contribution is 2.40. The standard InChI is InChI=1S/C23H22N8O6S2/c1-2-37-28-15(13-10-39-23(25)26-13)19(33)27-16-20(34)31-17(22(35)36)11(9-38-21(16)31)7-29-5-6-30-12(8-29)3-4-14(30)18(24)32/h3-6,8,10,16,21H,2,7,9H2,1H3,(H5-,24,25,26,27,32,33,35,36)/p+1/b28-15-/t16-,21+/m1/s1. The number of β-lactam (4-membered cyclic amide) rings is 1. The first kappa shape index (κ1) is 26.2. The number of thiazole rings is 1. The molecule has 39 heavy (non-hydrogen) atoms. The number of carbonyl (C=O) groups excluding carboxylic acids is 3. The van der Waals surface area contributed by atoms with Crippen LogP contribution in [0.5, 0.6) is 0 Å². The van der Waals surface area contributed by atoms with Crippen molar-refractivity contribution < 1.29 is 33.7 Å². The topological polar surface area (TPSA) is 199 Å². The molecule has 0 bridgehead atoms. The van der Waals surface area contributed by atoms with Gasteiger partial charge in [-0.15, -0.1) is 23.1 Å². The van der Waals surface area contributed by atoms with Crippen LogP contribution in [-0.4, -0.2) is 72.6 Å². The minimum absolute atomic E-state index is 0.120. The second-order valence-electron chi connectivity index (χ2n) is 8.52. The van der Waals surface area contributed by atoms with Crippen LogP contribution in [0.3, 0.4) is 0 Å². The molecular weight excluding hydrogens is 548 g/mol. The first-order chi connectivity index (χ1) is 18.7. The quantitative estimate of drug-likeness (QED) is 0.114. The maximum Gasteiger partial charge on any atom is 0.352 e. The van der Waals surface area contributed by atoms with Gasteiger partial charge in [-0.1, -0.05) is 5.16 Å². The van der Waals surface area contributed by atoms with Crippen LogP contribution in [0.1, 0.15) is 23.1 Å². The number of oxime groups is 1. The maximum atomic E-state index is 13.1. The first-order valence-corrected chi connectivity index (χ1v) is 13.5. The summed E-state index contributed by atoms with van der Waals surface area (Å²) in [6, 6.07) is 2.37. The van der Waals surface area contributed by atoms with E-state index in [1.807, 2.05) is 0 Å². The number of nitrogens with zero attached hydrogens (tertiary/aromatic N) is 5. The molecule has 0 aliphatic carbocycles. The van der Waals surface area contributed by atoms with Gasteiger partial charge in [0.1, 0.15) is 40.6 Å². The van der Waals surface area contributed by atoms with E-state index in [1.54, 1.807) is 52.0 Å². The Labute approximate surface area is 228 Å². The SMILES string of the molecule is CCO/N=C(\C(=O)N[C@@H]1C(=O)N2C(C(=O)O)=C(C[n+]3ccn4c(C(N)=O)ccc4c3)CS[C@@H]12)c1csc(N)n1. The summed E-state index contributed by atoms with van der Waals surface area (Å²) >= 11 is 2.47. The normalized spacial score (nSPS) is 19.1. The summed E-state index contributed by atoms with van der Waals surface area (Å²) in [7, 11) is 0. The molecule has 2 atom stereocenters. The minimum atomic E-state index is -1.25. The van der Waals surface area contributed by atoms with Gasteiger partial charge in [-0.3, -0.25) is 19.3 Å². The van der Waals surface area contributed by atoms with Gasteiger partial charge in [0.15, 0.2) is 29.8 Å². The number of aliphatic carboxylic acids is 1. The van der Waals surface area contributed by atoms with Gasteiger partial charge >= 0.3 is 5.97 Å². The van der Waals surface area contributed by atoms with E-state index < -0.39 is 35.1 Å². The fourth-order valence-corrected chi connectivity index (χ4v) is 6.25. The highest BCUT2D eigenvalue weighted by molar-refractivity contribution is 8.00. The second-order valence-corrected chi connectivity index (χ2v) is 10.5. The molecule has 2 aliphatic heterocycles. The summed E-state index contributed by atoms with van der Waals surface area (Å²) in [5.41, 5.74) is 12.6. The number of aromatic nitrogens is 3. The van der Waals surface area contributed by atoms with E-state index in [4.69, 9.17) is 16.3 Å². The van der Waals surface area contributed by atoms with Crippen molar-refractivity contribution in [3.8, 4) is 0 Å². The van der Waals surface area contributed by atoms with Crippen molar-refractivity contribution in [2.75, 3.05) is 18.1 Å². The highest BCUT2D eigenvalue weighted by Gasteiger charge is 2.54. The molecule has 3 aromatic rings. The molecular formula is C23H23N8O6S2+. The van der Waals surface area contributed by atoms with Crippen molar-refractivity contribution in [1.82, 2.24) is 19.6 Å². The predicted octanol–water partition coefficient (Wildman–Crippen LogP) is -0.456. The van der Waals surface area contributed by atoms with Crippen molar-refractivity contribution in [3.05, 3.63) is 58.8 Å². The highest BCUT2D eigenvalue weighted by atomic mass is 32.2. The fourth-order valence-electron chi connectivity index (χ4n) is 4.36. The van der Waals surface area contributed by atoms with E-state index in [0.29, 0.717) is 22.5 Å². The fraction of sp³-hybridized carbons (Fsp3) is 0.261. The molecule has 0 unspecified atom stereocenters. The van der Waals surface area contributed by atoms with Crippen LogP contribution in [0, 0.1) is 0 Å². The number of nitrogens with two attached hydrogens (primary N) is 2. The lowest BCUT2D eigenvalue weighted by Gasteiger charge is -2.49. The average molecular weight is 572 g/mol. The van der Waals surface area contributed by atoms with Crippen LogP contribution in [-0.2, 0) is 25.8 Å². The third-order valence-electron chi connectivity index (χ3n) is 6.08. The second kappa shape index (κ2) is 10.4. The lowest BCUT2D eigenvalue weighted by molar-refractivity contribution is -0.688. The Hall–Kier alpha value is -4.44. The Bertz CT molecular complexity index is 1580. The Balaban J connectivity index is 1.36. The maximum absolute atomic E-state index is 13.1. The van der Waals surface area contributed by atoms with Gasteiger partial charge in [0.25, 0.3) is 17.7 Å². The number of carboxylic acid groups (broad SMARTS) is 1. The van der Waals surface area contributed by atoms with Gasteiger partial charge in [0, 0.05) is 16.7 Å². The lowest BCUT2D eigenvalue weighted by Crippen LogP contribution is -2.71. The summed E-state index contributed by atoms with van der Waals surface area (Å²) < 4.78 is 3.39. The first-order valence-electron chi connectivity index (χ1n) is 11.6. The number of anilines is 1. The molecule has 14 nitrogen and oxygen atoms in total. The number of carbonyl (C=O) groups is 4. The van der Waals surface area contributed by atoms with Crippen molar-refractivity contribution >= 4 is 63.1 Å². The molecule has 0 spiro atoms.